The van der Waals surface area contributed by atoms with E-state index < -0.39 is 10.0 Å². The van der Waals surface area contributed by atoms with Crippen molar-refractivity contribution in [2.45, 2.75) is 18.2 Å². The summed E-state index contributed by atoms with van der Waals surface area (Å²) < 4.78 is 32.2. The van der Waals surface area contributed by atoms with E-state index in [1.54, 1.807) is 26.3 Å². The van der Waals surface area contributed by atoms with Gasteiger partial charge in [-0.05, 0) is 30.7 Å². The highest BCUT2D eigenvalue weighted by Crippen LogP contribution is 2.21. The number of nitrogens with zero attached hydrogens (tertiary/aromatic N) is 1. The van der Waals surface area contributed by atoms with Gasteiger partial charge >= 0.3 is 0 Å². The van der Waals surface area contributed by atoms with Crippen molar-refractivity contribution in [1.82, 2.24) is 9.71 Å². The van der Waals surface area contributed by atoms with Crippen molar-refractivity contribution in [3.63, 3.8) is 0 Å². The van der Waals surface area contributed by atoms with Gasteiger partial charge in [0.1, 0.15) is 5.75 Å². The van der Waals surface area contributed by atoms with E-state index in [4.69, 9.17) is 4.74 Å². The third-order valence-electron chi connectivity index (χ3n) is 3.12. The minimum atomic E-state index is -3.52. The zero-order valence-corrected chi connectivity index (χ0v) is 14.3. The molecular formula is C14H19N3O3S2. The van der Waals surface area contributed by atoms with Gasteiger partial charge in [-0.3, -0.25) is 0 Å². The number of rotatable bonds is 7. The molecule has 0 aliphatic rings. The van der Waals surface area contributed by atoms with Gasteiger partial charge in [0.25, 0.3) is 0 Å². The first kappa shape index (κ1) is 16.7. The van der Waals surface area contributed by atoms with Crippen molar-refractivity contribution >= 4 is 26.5 Å². The van der Waals surface area contributed by atoms with Gasteiger partial charge in [-0.1, -0.05) is 0 Å². The van der Waals surface area contributed by atoms with Crippen LogP contribution in [0.15, 0.2) is 28.5 Å². The Labute approximate surface area is 134 Å². The van der Waals surface area contributed by atoms with Crippen molar-refractivity contribution in [3.8, 4) is 5.75 Å². The Balaban J connectivity index is 2.00. The third kappa shape index (κ3) is 3.96. The van der Waals surface area contributed by atoms with E-state index in [0.29, 0.717) is 18.7 Å². The van der Waals surface area contributed by atoms with Gasteiger partial charge in [0.15, 0.2) is 5.13 Å². The molecule has 120 valence electrons. The monoisotopic (exact) mass is 341 g/mol. The molecule has 0 aliphatic heterocycles. The summed E-state index contributed by atoms with van der Waals surface area (Å²) in [5.41, 5.74) is 1.64. The van der Waals surface area contributed by atoms with Gasteiger partial charge in [0.05, 0.1) is 17.7 Å². The van der Waals surface area contributed by atoms with Crippen LogP contribution in [0.25, 0.3) is 0 Å². The molecule has 0 saturated carbocycles. The molecule has 0 aliphatic carbocycles. The second-order valence-electron chi connectivity index (χ2n) is 4.67. The smallest absolute Gasteiger partial charge is 0.240 e. The number of hydrogen-bond donors (Lipinski definition) is 2. The van der Waals surface area contributed by atoms with Crippen LogP contribution in [0.2, 0.25) is 0 Å². The van der Waals surface area contributed by atoms with E-state index in [1.165, 1.54) is 17.4 Å². The quantitative estimate of drug-likeness (QED) is 0.805. The number of aryl methyl sites for hydroxylation is 1. The van der Waals surface area contributed by atoms with E-state index >= 15 is 0 Å². The van der Waals surface area contributed by atoms with Gasteiger partial charge in [-0.15, -0.1) is 11.3 Å². The maximum Gasteiger partial charge on any atom is 0.240 e. The fourth-order valence-corrected chi connectivity index (χ4v) is 3.77. The summed E-state index contributed by atoms with van der Waals surface area (Å²) in [5, 5.41) is 5.69. The highest BCUT2D eigenvalue weighted by atomic mass is 32.2. The van der Waals surface area contributed by atoms with Gasteiger partial charge in [-0.2, -0.15) is 0 Å². The Bertz CT molecular complexity index is 742. The minimum absolute atomic E-state index is 0.236. The Hall–Kier alpha value is -1.64. The number of nitrogens with one attached hydrogen (secondary N) is 2. The average molecular weight is 341 g/mol. The molecule has 8 heteroatoms. The second kappa shape index (κ2) is 7.08. The van der Waals surface area contributed by atoms with Crippen LogP contribution in [0.4, 0.5) is 5.13 Å². The molecule has 22 heavy (non-hydrogen) atoms. The largest absolute Gasteiger partial charge is 0.496 e. The van der Waals surface area contributed by atoms with Crippen LogP contribution >= 0.6 is 11.3 Å². The molecule has 2 rings (SSSR count). The summed E-state index contributed by atoms with van der Waals surface area (Å²) in [6.07, 6.45) is 0.548. The molecule has 0 fully saturated rings. The van der Waals surface area contributed by atoms with Crippen LogP contribution in [-0.2, 0) is 16.4 Å². The highest BCUT2D eigenvalue weighted by Gasteiger charge is 2.15. The van der Waals surface area contributed by atoms with Crippen molar-refractivity contribution < 1.29 is 13.2 Å². The Kier molecular flexibility index (Phi) is 5.38. The SMILES string of the molecule is CNc1nc(CCNS(=O)(=O)c2ccc(OC)c(C)c2)cs1. The molecule has 1 aromatic carbocycles. The molecular weight excluding hydrogens is 322 g/mol. The van der Waals surface area contributed by atoms with Crippen molar-refractivity contribution in [3.05, 3.63) is 34.8 Å². The summed E-state index contributed by atoms with van der Waals surface area (Å²) in [6, 6.07) is 4.79. The molecule has 2 N–H and O–H groups in total. The van der Waals surface area contributed by atoms with Crippen LogP contribution in [0.5, 0.6) is 5.75 Å². The topological polar surface area (TPSA) is 80.3 Å². The Morgan fingerprint density at radius 2 is 2.14 bits per heavy atom. The minimum Gasteiger partial charge on any atom is -0.496 e. The van der Waals surface area contributed by atoms with Gasteiger partial charge in [0.2, 0.25) is 10.0 Å². The Morgan fingerprint density at radius 1 is 1.36 bits per heavy atom. The second-order valence-corrected chi connectivity index (χ2v) is 7.30. The van der Waals surface area contributed by atoms with E-state index in [-0.39, 0.29) is 4.90 Å². The molecule has 6 nitrogen and oxygen atoms in total. The summed E-state index contributed by atoms with van der Waals surface area (Å²) in [4.78, 5) is 4.55. The molecule has 2 aromatic rings. The number of benzene rings is 1. The first-order valence-electron chi connectivity index (χ1n) is 6.72. The number of aromatic nitrogens is 1. The molecule has 1 aromatic heterocycles. The van der Waals surface area contributed by atoms with Crippen LogP contribution in [0.3, 0.4) is 0 Å². The zero-order valence-electron chi connectivity index (χ0n) is 12.7. The fourth-order valence-electron chi connectivity index (χ4n) is 1.95. The van der Waals surface area contributed by atoms with E-state index in [1.807, 2.05) is 12.3 Å². The van der Waals surface area contributed by atoms with Crippen LogP contribution in [0, 0.1) is 6.92 Å². The molecule has 0 radical (unpaired) electrons. The summed E-state index contributed by atoms with van der Waals surface area (Å²) in [7, 11) is -0.162. The molecule has 0 bridgehead atoms. The lowest BCUT2D eigenvalue weighted by molar-refractivity contribution is 0.411. The van der Waals surface area contributed by atoms with Gasteiger partial charge < -0.3 is 10.1 Å². The maximum atomic E-state index is 12.3. The maximum absolute atomic E-state index is 12.3. The molecule has 0 spiro atoms. The number of anilines is 1. The lowest BCUT2D eigenvalue weighted by Gasteiger charge is -2.09. The summed E-state index contributed by atoms with van der Waals surface area (Å²) >= 11 is 1.50. The first-order valence-corrected chi connectivity index (χ1v) is 9.09. The standard InChI is InChI=1S/C14H19N3O3S2/c1-10-8-12(4-5-13(10)20-3)22(18,19)16-7-6-11-9-21-14(15-2)17-11/h4-5,8-9,16H,6-7H2,1-3H3,(H,15,17). The van der Waals surface area contributed by atoms with E-state index in [9.17, 15) is 8.42 Å². The molecule has 0 saturated heterocycles. The molecule has 0 unspecified atom stereocenters. The lowest BCUT2D eigenvalue weighted by Crippen LogP contribution is -2.26. The van der Waals surface area contributed by atoms with Crippen LogP contribution in [0.1, 0.15) is 11.3 Å². The van der Waals surface area contributed by atoms with Crippen LogP contribution < -0.4 is 14.8 Å². The van der Waals surface area contributed by atoms with Crippen LogP contribution in [-0.4, -0.2) is 34.1 Å². The number of sulfonamides is 1. The van der Waals surface area contributed by atoms with Gasteiger partial charge in [0, 0.05) is 25.4 Å². The molecule has 0 amide bonds. The van der Waals surface area contributed by atoms with Crippen molar-refractivity contribution in [1.29, 1.82) is 0 Å². The van der Waals surface area contributed by atoms with Crippen molar-refractivity contribution in [2.24, 2.45) is 0 Å². The number of ether oxygens (including phenoxy) is 1. The molecule has 0 atom stereocenters. The Morgan fingerprint density at radius 3 is 2.73 bits per heavy atom. The van der Waals surface area contributed by atoms with E-state index in [2.05, 4.69) is 15.0 Å². The summed E-state index contributed by atoms with van der Waals surface area (Å²) in [5.74, 6) is 0.668. The fraction of sp³-hybridized carbons (Fsp3) is 0.357. The average Bonchev–Trinajstić information content (AvgIpc) is 2.95. The first-order chi connectivity index (χ1) is 10.5. The lowest BCUT2D eigenvalue weighted by atomic mass is 10.2. The molecule has 1 heterocycles. The van der Waals surface area contributed by atoms with Crippen molar-refractivity contribution in [2.75, 3.05) is 26.0 Å². The van der Waals surface area contributed by atoms with Gasteiger partial charge in [-0.25, -0.2) is 18.1 Å². The highest BCUT2D eigenvalue weighted by molar-refractivity contribution is 7.89. The normalized spacial score (nSPS) is 11.4. The zero-order chi connectivity index (χ0) is 16.2. The predicted octanol–water partition coefficient (Wildman–Crippen LogP) is 2.02. The number of hydrogen-bond acceptors (Lipinski definition) is 6. The number of methoxy groups -OCH3 is 1. The number of thiazole rings is 1. The van der Waals surface area contributed by atoms with E-state index in [0.717, 1.165) is 16.4 Å². The predicted molar refractivity (Wildman–Crippen MR) is 88.3 cm³/mol. The summed E-state index contributed by atoms with van der Waals surface area (Å²) in [6.45, 7) is 2.12. The third-order valence-corrected chi connectivity index (χ3v) is 5.48.